The first kappa shape index (κ1) is 34.4. The molecule has 3 aromatic rings. The van der Waals surface area contributed by atoms with Crippen molar-refractivity contribution in [3.8, 4) is 0 Å². The Morgan fingerprint density at radius 3 is 1.29 bits per heavy atom. The van der Waals surface area contributed by atoms with E-state index in [1.807, 2.05) is 0 Å². The molecule has 0 saturated carbocycles. The van der Waals surface area contributed by atoms with Gasteiger partial charge >= 0.3 is 12.2 Å². The molecule has 4 heterocycles. The minimum Gasteiger partial charge on any atom is -0.442 e. The maximum Gasteiger partial charge on any atom is 0.414 e. The molecule has 3 aromatic carbocycles. The van der Waals surface area contributed by atoms with Crippen LogP contribution in [0.3, 0.4) is 0 Å². The smallest absolute Gasteiger partial charge is 0.414 e. The van der Waals surface area contributed by atoms with Crippen LogP contribution in [0.5, 0.6) is 0 Å². The highest BCUT2D eigenvalue weighted by molar-refractivity contribution is 6.07. The van der Waals surface area contributed by atoms with E-state index in [-0.39, 0.29) is 62.3 Å². The Morgan fingerprint density at radius 1 is 0.558 bits per heavy atom. The molecule has 0 unspecified atom stereocenters. The highest BCUT2D eigenvalue weighted by Gasteiger charge is 2.35. The number of hydrogen-bond acceptors (Lipinski definition) is 10. The first-order chi connectivity index (χ1) is 25.2. The van der Waals surface area contributed by atoms with Crippen molar-refractivity contribution in [2.75, 3.05) is 85.3 Å². The van der Waals surface area contributed by atoms with Crippen LogP contribution in [-0.4, -0.2) is 114 Å². The minimum absolute atomic E-state index is 0.00891. The second-order valence-electron chi connectivity index (χ2n) is 12.4. The highest BCUT2D eigenvalue weighted by atomic mass is 16.6. The molecule has 0 aliphatic carbocycles. The van der Waals surface area contributed by atoms with E-state index in [2.05, 4.69) is 10.6 Å². The molecule has 0 spiro atoms. The zero-order chi connectivity index (χ0) is 36.2. The van der Waals surface area contributed by atoms with Gasteiger partial charge in [0.15, 0.2) is 0 Å². The van der Waals surface area contributed by atoms with Gasteiger partial charge in [-0.1, -0.05) is 12.1 Å². The monoisotopic (exact) mass is 712 g/mol. The number of nitrogens with zero attached hydrogens (tertiary/aromatic N) is 4. The summed E-state index contributed by atoms with van der Waals surface area (Å²) in [6.45, 7) is 2.24. The summed E-state index contributed by atoms with van der Waals surface area (Å²) >= 11 is 0. The Morgan fingerprint density at radius 2 is 0.923 bits per heavy atom. The zero-order valence-electron chi connectivity index (χ0n) is 28.0. The fourth-order valence-corrected chi connectivity index (χ4v) is 6.37. The van der Waals surface area contributed by atoms with Gasteiger partial charge in [-0.25, -0.2) is 9.59 Å². The summed E-state index contributed by atoms with van der Waals surface area (Å²) in [5.74, 6) is -1.32. The number of amides is 6. The predicted molar refractivity (Wildman–Crippen MR) is 186 cm³/mol. The van der Waals surface area contributed by atoms with Gasteiger partial charge in [-0.05, 0) is 60.7 Å². The van der Waals surface area contributed by atoms with E-state index in [1.54, 1.807) is 70.5 Å². The molecule has 4 fully saturated rings. The molecule has 0 radical (unpaired) electrons. The van der Waals surface area contributed by atoms with Crippen LogP contribution in [0.2, 0.25) is 0 Å². The predicted octanol–water partition coefficient (Wildman–Crippen LogP) is 1.92. The van der Waals surface area contributed by atoms with Crippen LogP contribution in [-0.2, 0) is 28.5 Å². The summed E-state index contributed by atoms with van der Waals surface area (Å²) in [4.78, 5) is 82.3. The highest BCUT2D eigenvalue weighted by Crippen LogP contribution is 2.27. The lowest BCUT2D eigenvalue weighted by atomic mass is 10.1. The molecular formula is C36H36N6O10. The fourth-order valence-electron chi connectivity index (χ4n) is 6.37. The summed E-state index contributed by atoms with van der Waals surface area (Å²) in [6.07, 6.45) is -2.42. The molecule has 0 aromatic heterocycles. The number of rotatable bonds is 10. The zero-order valence-corrected chi connectivity index (χ0v) is 28.0. The molecule has 270 valence electrons. The fraction of sp³-hybridized carbons (Fsp3) is 0.333. The molecule has 2 atom stereocenters. The molecule has 16 nitrogen and oxygen atoms in total. The number of benzene rings is 3. The van der Waals surface area contributed by atoms with Crippen LogP contribution in [0, 0.1) is 0 Å². The Labute approximate surface area is 298 Å². The largest absolute Gasteiger partial charge is 0.442 e. The second-order valence-corrected chi connectivity index (χ2v) is 12.4. The first-order valence-corrected chi connectivity index (χ1v) is 16.8. The van der Waals surface area contributed by atoms with Gasteiger partial charge in [0.2, 0.25) is 0 Å². The van der Waals surface area contributed by atoms with Crippen LogP contribution < -0.4 is 30.2 Å². The Kier molecular flexibility index (Phi) is 9.99. The number of carbonyl (C=O) groups excluding carboxylic acids is 6. The van der Waals surface area contributed by atoms with E-state index in [0.29, 0.717) is 49.1 Å². The molecule has 2 N–H and O–H groups in total. The molecule has 7 rings (SSSR count). The van der Waals surface area contributed by atoms with Gasteiger partial charge < -0.3 is 39.4 Å². The molecular weight excluding hydrogens is 676 g/mol. The van der Waals surface area contributed by atoms with E-state index >= 15 is 0 Å². The maximum absolute atomic E-state index is 13.2. The molecule has 4 aliphatic heterocycles. The summed E-state index contributed by atoms with van der Waals surface area (Å²) < 4.78 is 21.3. The van der Waals surface area contributed by atoms with Gasteiger partial charge in [0.25, 0.3) is 23.6 Å². The minimum atomic E-state index is -0.643. The molecule has 6 amide bonds. The summed E-state index contributed by atoms with van der Waals surface area (Å²) in [5, 5.41) is 5.51. The Bertz CT molecular complexity index is 1740. The van der Waals surface area contributed by atoms with Crippen LogP contribution in [0.15, 0.2) is 72.8 Å². The van der Waals surface area contributed by atoms with Crippen LogP contribution in [0.1, 0.15) is 20.7 Å². The number of carbonyl (C=O) groups is 6. The number of hydrogen-bond donors (Lipinski definition) is 2. The van der Waals surface area contributed by atoms with Gasteiger partial charge in [0.1, 0.15) is 25.4 Å². The van der Waals surface area contributed by atoms with Crippen molar-refractivity contribution >= 4 is 58.6 Å². The topological polar surface area (TPSA) is 176 Å². The Balaban J connectivity index is 0.900. The molecule has 4 saturated heterocycles. The number of nitrogens with one attached hydrogen (secondary N) is 2. The van der Waals surface area contributed by atoms with Gasteiger partial charge in [-0.2, -0.15) is 0 Å². The van der Waals surface area contributed by atoms with Crippen molar-refractivity contribution in [1.29, 1.82) is 0 Å². The third-order valence-corrected chi connectivity index (χ3v) is 9.06. The van der Waals surface area contributed by atoms with Gasteiger partial charge in [-0.15, -0.1) is 0 Å². The van der Waals surface area contributed by atoms with Crippen molar-refractivity contribution in [1.82, 2.24) is 10.6 Å². The summed E-state index contributed by atoms with van der Waals surface area (Å²) in [6, 6.07) is 20.2. The lowest BCUT2D eigenvalue weighted by molar-refractivity contribution is -0.126. The number of morpholine rings is 2. The quantitative estimate of drug-likeness (QED) is 0.316. The van der Waals surface area contributed by atoms with Crippen molar-refractivity contribution in [3.63, 3.8) is 0 Å². The number of ether oxygens (including phenoxy) is 4. The lowest BCUT2D eigenvalue weighted by Crippen LogP contribution is -2.41. The van der Waals surface area contributed by atoms with Gasteiger partial charge in [0.05, 0.1) is 50.5 Å². The van der Waals surface area contributed by atoms with E-state index in [0.717, 1.165) is 0 Å². The third kappa shape index (κ3) is 7.38. The molecule has 4 aliphatic rings. The second kappa shape index (κ2) is 15.1. The van der Waals surface area contributed by atoms with E-state index < -0.39 is 36.2 Å². The summed E-state index contributed by atoms with van der Waals surface area (Å²) in [5.41, 5.74) is 2.82. The van der Waals surface area contributed by atoms with E-state index in [9.17, 15) is 28.8 Å². The first-order valence-electron chi connectivity index (χ1n) is 16.8. The van der Waals surface area contributed by atoms with Crippen LogP contribution in [0.25, 0.3) is 0 Å². The van der Waals surface area contributed by atoms with Crippen molar-refractivity contribution < 1.29 is 47.7 Å². The van der Waals surface area contributed by atoms with Gasteiger partial charge in [-0.3, -0.25) is 29.0 Å². The van der Waals surface area contributed by atoms with Crippen LogP contribution >= 0.6 is 0 Å². The maximum atomic E-state index is 13.2. The normalized spacial score (nSPS) is 20.5. The van der Waals surface area contributed by atoms with E-state index in [1.165, 1.54) is 21.9 Å². The standard InChI is InChI=1S/C36H36N6O10/c43-31-21-49-15-13-39(31)23-5-9-25(10-6-23)41-19-27(51-35(41)47)17-37-33(45)29-3-1-2-4-30(29)34(46)38-18-28-20-42(36(48)52-28)26-11-7-24(8-12-26)40-14-16-50-22-32(40)44/h1-12,27-28H,13-22H2,(H,37,45)(H,38,46)/t27-,28-/m0/s1. The van der Waals surface area contributed by atoms with Crippen molar-refractivity contribution in [2.45, 2.75) is 12.2 Å². The summed E-state index contributed by atoms with van der Waals surface area (Å²) in [7, 11) is 0. The number of cyclic esters (lactones) is 2. The average molecular weight is 713 g/mol. The SMILES string of the molecule is O=C(NC[C@H]1CN(c2ccc(N3CCOCC3=O)cc2)C(=O)O1)c1ccccc1C(=O)NC[C@H]1CN(c2ccc(N3CCOCC3=O)cc2)C(=O)O1. The molecule has 0 bridgehead atoms. The van der Waals surface area contributed by atoms with Crippen LogP contribution in [0.4, 0.5) is 32.3 Å². The third-order valence-electron chi connectivity index (χ3n) is 9.06. The van der Waals surface area contributed by atoms with E-state index in [4.69, 9.17) is 18.9 Å². The lowest BCUT2D eigenvalue weighted by Gasteiger charge is -2.27. The van der Waals surface area contributed by atoms with Gasteiger partial charge in [0, 0.05) is 35.8 Å². The van der Waals surface area contributed by atoms with Crippen molar-refractivity contribution in [2.24, 2.45) is 0 Å². The van der Waals surface area contributed by atoms with Crippen molar-refractivity contribution in [3.05, 3.63) is 83.9 Å². The number of anilines is 4. The molecule has 16 heteroatoms. The average Bonchev–Trinajstić information content (AvgIpc) is 3.74. The Hall–Kier alpha value is -6.00. The molecule has 52 heavy (non-hydrogen) atoms.